The average Bonchev–Trinajstić information content (AvgIpc) is 3.01. The molecule has 1 aliphatic rings. The van der Waals surface area contributed by atoms with E-state index in [9.17, 15) is 13.2 Å². The van der Waals surface area contributed by atoms with Crippen molar-refractivity contribution in [2.24, 2.45) is 5.73 Å². The Labute approximate surface area is 144 Å². The Bertz CT molecular complexity index is 634. The van der Waals surface area contributed by atoms with Crippen LogP contribution >= 0.6 is 0 Å². The van der Waals surface area contributed by atoms with E-state index in [-0.39, 0.29) is 24.2 Å². The van der Waals surface area contributed by atoms with Gasteiger partial charge in [0.25, 0.3) is 0 Å². The van der Waals surface area contributed by atoms with Crippen molar-refractivity contribution in [1.29, 1.82) is 0 Å². The number of nitrogens with two attached hydrogens (primary N) is 1. The molecule has 0 aliphatic carbocycles. The zero-order chi connectivity index (χ0) is 17.6. The molecule has 1 saturated heterocycles. The van der Waals surface area contributed by atoms with Crippen molar-refractivity contribution in [1.82, 2.24) is 9.62 Å². The van der Waals surface area contributed by atoms with Crippen molar-refractivity contribution in [3.63, 3.8) is 0 Å². The van der Waals surface area contributed by atoms with Gasteiger partial charge in [-0.1, -0.05) is 37.3 Å². The lowest BCUT2D eigenvalue weighted by Crippen LogP contribution is -2.50. The first kappa shape index (κ1) is 18.9. The van der Waals surface area contributed by atoms with Crippen LogP contribution in [0.3, 0.4) is 0 Å². The third-order valence-corrected chi connectivity index (χ3v) is 5.84. The zero-order valence-electron chi connectivity index (χ0n) is 14.1. The molecule has 1 heterocycles. The standard InChI is InChI=1S/C17H27N3O3S/c1-2-11-24(22,23)19-13-15-9-6-10-20(15)17(21)16(18)12-14-7-4-3-5-8-14/h3-5,7-8,15-16,19H,2,6,9-13,18H2,1H3. The van der Waals surface area contributed by atoms with Crippen LogP contribution < -0.4 is 10.5 Å². The van der Waals surface area contributed by atoms with E-state index in [4.69, 9.17) is 5.73 Å². The van der Waals surface area contributed by atoms with E-state index in [2.05, 4.69) is 4.72 Å². The van der Waals surface area contributed by atoms with Gasteiger partial charge in [0, 0.05) is 19.1 Å². The van der Waals surface area contributed by atoms with Gasteiger partial charge in [-0.05, 0) is 31.2 Å². The topological polar surface area (TPSA) is 92.5 Å². The summed E-state index contributed by atoms with van der Waals surface area (Å²) in [6, 6.07) is 8.98. The molecule has 1 fully saturated rings. The molecule has 0 saturated carbocycles. The van der Waals surface area contributed by atoms with Crippen molar-refractivity contribution in [3.8, 4) is 0 Å². The van der Waals surface area contributed by atoms with Gasteiger partial charge in [0.05, 0.1) is 11.8 Å². The highest BCUT2D eigenvalue weighted by Crippen LogP contribution is 2.18. The number of amides is 1. The number of hydrogen-bond acceptors (Lipinski definition) is 4. The van der Waals surface area contributed by atoms with Crippen LogP contribution in [0.2, 0.25) is 0 Å². The Hall–Kier alpha value is -1.44. The lowest BCUT2D eigenvalue weighted by Gasteiger charge is -2.27. The monoisotopic (exact) mass is 353 g/mol. The Morgan fingerprint density at radius 1 is 1.38 bits per heavy atom. The van der Waals surface area contributed by atoms with E-state index in [1.165, 1.54) is 0 Å². The van der Waals surface area contributed by atoms with E-state index < -0.39 is 16.1 Å². The molecular weight excluding hydrogens is 326 g/mol. The molecule has 7 heteroatoms. The predicted octanol–water partition coefficient (Wildman–Crippen LogP) is 0.877. The molecule has 6 nitrogen and oxygen atoms in total. The van der Waals surface area contributed by atoms with Crippen LogP contribution in [0.4, 0.5) is 0 Å². The number of carbonyl (C=O) groups excluding carboxylic acids is 1. The second-order valence-electron chi connectivity index (χ2n) is 6.29. The molecule has 0 bridgehead atoms. The third kappa shape index (κ3) is 5.29. The Kier molecular flexibility index (Phi) is 6.77. The Morgan fingerprint density at radius 2 is 2.08 bits per heavy atom. The maximum atomic E-state index is 12.6. The van der Waals surface area contributed by atoms with Crippen LogP contribution in [0.25, 0.3) is 0 Å². The van der Waals surface area contributed by atoms with Crippen LogP contribution in [0.15, 0.2) is 30.3 Å². The molecule has 0 radical (unpaired) electrons. The Morgan fingerprint density at radius 3 is 2.75 bits per heavy atom. The van der Waals surface area contributed by atoms with Gasteiger partial charge in [0.2, 0.25) is 15.9 Å². The molecular formula is C17H27N3O3S. The number of sulfonamides is 1. The van der Waals surface area contributed by atoms with Crippen molar-refractivity contribution in [2.45, 2.75) is 44.7 Å². The summed E-state index contributed by atoms with van der Waals surface area (Å²) in [7, 11) is -3.26. The van der Waals surface area contributed by atoms with Crippen LogP contribution in [-0.2, 0) is 21.2 Å². The van der Waals surface area contributed by atoms with Gasteiger partial charge in [-0.25, -0.2) is 13.1 Å². The first-order chi connectivity index (χ1) is 11.4. The van der Waals surface area contributed by atoms with E-state index in [1.807, 2.05) is 37.3 Å². The molecule has 1 aromatic rings. The van der Waals surface area contributed by atoms with Crippen LogP contribution in [0.5, 0.6) is 0 Å². The molecule has 2 atom stereocenters. The maximum Gasteiger partial charge on any atom is 0.240 e. The summed E-state index contributed by atoms with van der Waals surface area (Å²) in [6.07, 6.45) is 2.75. The van der Waals surface area contributed by atoms with Gasteiger partial charge in [0.15, 0.2) is 0 Å². The average molecular weight is 353 g/mol. The summed E-state index contributed by atoms with van der Waals surface area (Å²) in [6.45, 7) is 2.74. The summed E-state index contributed by atoms with van der Waals surface area (Å²) in [5.41, 5.74) is 7.12. The lowest BCUT2D eigenvalue weighted by molar-refractivity contribution is -0.133. The number of hydrogen-bond donors (Lipinski definition) is 2. The maximum absolute atomic E-state index is 12.6. The number of nitrogens with zero attached hydrogens (tertiary/aromatic N) is 1. The SMILES string of the molecule is CCCS(=O)(=O)NCC1CCCN1C(=O)C(N)Cc1ccccc1. The highest BCUT2D eigenvalue weighted by Gasteiger charge is 2.32. The van der Waals surface area contributed by atoms with Gasteiger partial charge >= 0.3 is 0 Å². The quantitative estimate of drug-likeness (QED) is 0.725. The molecule has 0 aromatic heterocycles. The predicted molar refractivity (Wildman–Crippen MR) is 94.9 cm³/mol. The minimum atomic E-state index is -3.26. The molecule has 3 N–H and O–H groups in total. The zero-order valence-corrected chi connectivity index (χ0v) is 15.0. The van der Waals surface area contributed by atoms with E-state index in [0.717, 1.165) is 18.4 Å². The normalized spacial score (nSPS) is 19.4. The van der Waals surface area contributed by atoms with Gasteiger partial charge in [-0.15, -0.1) is 0 Å². The highest BCUT2D eigenvalue weighted by molar-refractivity contribution is 7.89. The minimum absolute atomic E-state index is 0.101. The van der Waals surface area contributed by atoms with Gasteiger partial charge in [0.1, 0.15) is 0 Å². The van der Waals surface area contributed by atoms with E-state index >= 15 is 0 Å². The van der Waals surface area contributed by atoms with Crippen LogP contribution in [0.1, 0.15) is 31.7 Å². The van der Waals surface area contributed by atoms with E-state index in [0.29, 0.717) is 19.4 Å². The van der Waals surface area contributed by atoms with Gasteiger partial charge < -0.3 is 10.6 Å². The molecule has 1 aromatic carbocycles. The third-order valence-electron chi connectivity index (χ3n) is 4.29. The summed E-state index contributed by atoms with van der Waals surface area (Å²) < 4.78 is 26.2. The van der Waals surface area contributed by atoms with Crippen molar-refractivity contribution < 1.29 is 13.2 Å². The molecule has 0 spiro atoms. The second-order valence-corrected chi connectivity index (χ2v) is 8.22. The molecule has 24 heavy (non-hydrogen) atoms. The number of nitrogens with one attached hydrogen (secondary N) is 1. The highest BCUT2D eigenvalue weighted by atomic mass is 32.2. The van der Waals surface area contributed by atoms with Crippen molar-refractivity contribution in [2.75, 3.05) is 18.8 Å². The van der Waals surface area contributed by atoms with Crippen molar-refractivity contribution >= 4 is 15.9 Å². The minimum Gasteiger partial charge on any atom is -0.337 e. The number of likely N-dealkylation sites (tertiary alicyclic amines) is 1. The van der Waals surface area contributed by atoms with Crippen LogP contribution in [-0.4, -0.2) is 50.2 Å². The first-order valence-corrected chi connectivity index (χ1v) is 10.2. The summed E-state index contributed by atoms with van der Waals surface area (Å²) in [5, 5.41) is 0. The van der Waals surface area contributed by atoms with Gasteiger partial charge in [-0.2, -0.15) is 0 Å². The lowest BCUT2D eigenvalue weighted by atomic mass is 10.1. The number of rotatable bonds is 8. The van der Waals surface area contributed by atoms with Crippen molar-refractivity contribution in [3.05, 3.63) is 35.9 Å². The Balaban J connectivity index is 1.92. The first-order valence-electron chi connectivity index (χ1n) is 8.50. The summed E-state index contributed by atoms with van der Waals surface area (Å²) >= 11 is 0. The molecule has 134 valence electrons. The fourth-order valence-corrected chi connectivity index (χ4v) is 4.20. The second kappa shape index (κ2) is 8.60. The summed E-state index contributed by atoms with van der Waals surface area (Å²) in [5.74, 6) is 0.0114. The largest absolute Gasteiger partial charge is 0.337 e. The summed E-state index contributed by atoms with van der Waals surface area (Å²) in [4.78, 5) is 14.4. The number of carbonyl (C=O) groups is 1. The van der Waals surface area contributed by atoms with E-state index in [1.54, 1.807) is 4.90 Å². The molecule has 1 aliphatic heterocycles. The molecule has 2 rings (SSSR count). The molecule has 1 amide bonds. The fourth-order valence-electron chi connectivity index (χ4n) is 3.07. The van der Waals surface area contributed by atoms with Gasteiger partial charge in [-0.3, -0.25) is 4.79 Å². The van der Waals surface area contributed by atoms with Crippen LogP contribution in [0, 0.1) is 0 Å². The smallest absolute Gasteiger partial charge is 0.240 e. The molecule has 2 unspecified atom stereocenters. The number of benzene rings is 1. The fraction of sp³-hybridized carbons (Fsp3) is 0.588.